The Morgan fingerprint density at radius 1 is 0.619 bits per heavy atom. The molecule has 2 atom stereocenters. The van der Waals surface area contributed by atoms with Crippen molar-refractivity contribution in [1.82, 2.24) is 50.2 Å². The van der Waals surface area contributed by atoms with Crippen molar-refractivity contribution in [3.8, 4) is 0 Å². The van der Waals surface area contributed by atoms with Gasteiger partial charge in [0, 0.05) is 103 Å². The summed E-state index contributed by atoms with van der Waals surface area (Å²) in [6, 6.07) is 3.85. The summed E-state index contributed by atoms with van der Waals surface area (Å²) >= 11 is 0. The Balaban J connectivity index is 0.888. The highest BCUT2D eigenvalue weighted by Gasteiger charge is 2.29. The summed E-state index contributed by atoms with van der Waals surface area (Å²) in [6.07, 6.45) is 2.49. The number of amides is 2. The first kappa shape index (κ1) is 66.5. The lowest BCUT2D eigenvalue weighted by Gasteiger charge is -2.35. The topological polar surface area (TPSA) is 453 Å². The van der Waals surface area contributed by atoms with Crippen molar-refractivity contribution in [2.45, 2.75) is 57.2 Å². The van der Waals surface area contributed by atoms with E-state index in [9.17, 15) is 73.5 Å². The molecule has 2 aromatic heterocycles. The van der Waals surface area contributed by atoms with Crippen molar-refractivity contribution in [2.75, 3.05) is 153 Å². The fourth-order valence-electron chi connectivity index (χ4n) is 8.80. The van der Waals surface area contributed by atoms with Crippen LogP contribution in [-0.2, 0) is 49.5 Å². The van der Waals surface area contributed by atoms with Crippen LogP contribution < -0.4 is 48.7 Å². The van der Waals surface area contributed by atoms with Crippen LogP contribution in [0, 0.1) is 0 Å². The van der Waals surface area contributed by atoms with Gasteiger partial charge < -0.3 is 72.1 Å². The Kier molecular flexibility index (Phi) is 27.7. The third-order valence-corrected chi connectivity index (χ3v) is 13.2. The lowest BCUT2D eigenvalue weighted by molar-refractivity contribution is -0.145. The zero-order valence-electron chi connectivity index (χ0n) is 46.4. The zero-order chi connectivity index (χ0) is 61.0. The molecule has 1 fully saturated rings. The Bertz CT molecular complexity index is 2930. The van der Waals surface area contributed by atoms with Crippen LogP contribution in [0.2, 0.25) is 0 Å². The smallest absolute Gasteiger partial charge is 0.326 e. The predicted octanol–water partition coefficient (Wildman–Crippen LogP) is -2.35. The highest BCUT2D eigenvalue weighted by atomic mass is 16.5. The van der Waals surface area contributed by atoms with Crippen LogP contribution in [0.15, 0.2) is 44.8 Å². The van der Waals surface area contributed by atoms with Gasteiger partial charge in [0.15, 0.2) is 11.2 Å². The number of hydrogen-bond acceptors (Lipinski definition) is 24. The summed E-state index contributed by atoms with van der Waals surface area (Å²) in [5.74, 6) is -6.85. The van der Waals surface area contributed by atoms with E-state index in [1.165, 1.54) is 18.3 Å². The molecule has 84 heavy (non-hydrogen) atoms. The molecule has 0 spiro atoms. The molecule has 4 aromatic rings. The second-order valence-electron chi connectivity index (χ2n) is 19.5. The Morgan fingerprint density at radius 3 is 1.65 bits per heavy atom. The fraction of sp³-hybridized carbons (Fsp3) is 0.558. The van der Waals surface area contributed by atoms with Gasteiger partial charge in [-0.15, -0.1) is 0 Å². The van der Waals surface area contributed by atoms with Crippen molar-refractivity contribution in [3.63, 3.8) is 0 Å². The molecule has 3 heterocycles. The molecular formula is C52H74N14O18. The number of nitrogens with two attached hydrogens (primary N) is 1. The molecule has 460 valence electrons. The average Bonchev–Trinajstić information content (AvgIpc) is 3.55. The third-order valence-electron chi connectivity index (χ3n) is 13.2. The number of aromatic nitrogens is 4. The van der Waals surface area contributed by atoms with Gasteiger partial charge in [-0.25, -0.2) is 14.8 Å². The monoisotopic (exact) mass is 1180 g/mol. The number of carboxylic acid groups (broad SMARTS) is 5. The molecule has 0 bridgehead atoms. The van der Waals surface area contributed by atoms with Crippen LogP contribution in [0.5, 0.6) is 0 Å². The number of benzene rings is 1. The molecule has 13 N–H and O–H groups in total. The van der Waals surface area contributed by atoms with Gasteiger partial charge in [0.2, 0.25) is 11.9 Å². The summed E-state index contributed by atoms with van der Waals surface area (Å²) in [6.45, 7) is 2.97. The molecule has 0 radical (unpaired) electrons. The van der Waals surface area contributed by atoms with E-state index in [2.05, 4.69) is 46.5 Å². The molecule has 2 amide bonds. The summed E-state index contributed by atoms with van der Waals surface area (Å²) < 4.78 is 16.7. The maximum atomic E-state index is 12.9. The number of nitrogens with one attached hydrogen (secondary N) is 6. The molecule has 2 aromatic carbocycles. The molecule has 32 heteroatoms. The van der Waals surface area contributed by atoms with E-state index in [4.69, 9.17) is 19.9 Å². The number of fused-ring (bicyclic) bond motifs is 1. The number of aliphatic carboxylic acids is 5. The maximum Gasteiger partial charge on any atom is 0.326 e. The first-order valence-electron chi connectivity index (χ1n) is 27.3. The van der Waals surface area contributed by atoms with Crippen LogP contribution in [0.25, 0.3) is 11.2 Å². The molecule has 1 aliphatic rings. The van der Waals surface area contributed by atoms with E-state index in [1.807, 2.05) is 0 Å². The van der Waals surface area contributed by atoms with Gasteiger partial charge in [-0.1, -0.05) is 0 Å². The predicted molar refractivity (Wildman–Crippen MR) is 302 cm³/mol. The molecular weight excluding hydrogens is 1110 g/mol. The third kappa shape index (κ3) is 23.2. The molecule has 1 aliphatic heterocycles. The first-order valence-corrected chi connectivity index (χ1v) is 27.3. The zero-order valence-corrected chi connectivity index (χ0v) is 46.4. The summed E-state index contributed by atoms with van der Waals surface area (Å²) in [5, 5.41) is 62.6. The van der Waals surface area contributed by atoms with Gasteiger partial charge in [-0.3, -0.25) is 67.7 Å². The normalized spacial score (nSPS) is 14.9. The van der Waals surface area contributed by atoms with Gasteiger partial charge >= 0.3 is 29.8 Å². The summed E-state index contributed by atoms with van der Waals surface area (Å²) in [7, 11) is 0. The second kappa shape index (κ2) is 35.0. The summed E-state index contributed by atoms with van der Waals surface area (Å²) in [4.78, 5) is 143. The van der Waals surface area contributed by atoms with Gasteiger partial charge in [-0.2, -0.15) is 4.98 Å². The van der Waals surface area contributed by atoms with Crippen LogP contribution in [-0.4, -0.2) is 250 Å². The minimum atomic E-state index is -1.32. The lowest BCUT2D eigenvalue weighted by Crippen LogP contribution is -2.51. The number of carbonyl (C=O) groups is 7. The van der Waals surface area contributed by atoms with Gasteiger partial charge in [0.05, 0.1) is 64.5 Å². The maximum absolute atomic E-state index is 12.9. The van der Waals surface area contributed by atoms with E-state index < -0.39 is 70.2 Å². The number of aromatic amines is 1. The molecule has 32 nitrogen and oxygen atoms in total. The van der Waals surface area contributed by atoms with E-state index in [0.29, 0.717) is 44.0 Å². The van der Waals surface area contributed by atoms with E-state index in [1.54, 1.807) is 31.7 Å². The standard InChI is InChI=1S/C52H74N14O18/c53-52-61-47-44(49(77)62-52)59-35(29-58-47)28-57-34-7-5-33(6-8-34)48(76)60-36(50(78)79)9-10-38(67)54-12-2-22-82-24-26-84-27-25-83-23-3-13-56-43-42(45(74)46(43)75)55-11-1-4-37(51(80)81)66-20-18-64(31-40(70)71)16-14-63(30-39(68)69)15-17-65(19-21-66)32-41(72)73/h5-8,29,36-37,55-57H,1-4,9-28,30-32H2,(H,54,67)(H,60,76)(H,68,69)(H,70,71)(H,72,73)(H,78,79)(H,80,81)(H3,53,58,61,62,77)/t36-,37?/m0/s1. The van der Waals surface area contributed by atoms with Crippen LogP contribution in [0.3, 0.4) is 0 Å². The Morgan fingerprint density at radius 2 is 1.13 bits per heavy atom. The van der Waals surface area contributed by atoms with Gasteiger partial charge in [-0.05, 0) is 56.4 Å². The number of hydrogen-bond donors (Lipinski definition) is 12. The summed E-state index contributed by atoms with van der Waals surface area (Å²) in [5.41, 5.74) is 5.22. The second-order valence-corrected chi connectivity index (χ2v) is 19.5. The number of ether oxygens (including phenoxy) is 3. The van der Waals surface area contributed by atoms with Crippen molar-refractivity contribution in [2.24, 2.45) is 0 Å². The van der Waals surface area contributed by atoms with Crippen molar-refractivity contribution in [1.29, 1.82) is 0 Å². The quantitative estimate of drug-likeness (QED) is 0.0166. The van der Waals surface area contributed by atoms with E-state index >= 15 is 0 Å². The number of H-pyrrole nitrogens is 1. The van der Waals surface area contributed by atoms with E-state index in [0.717, 1.165) is 0 Å². The molecule has 1 saturated heterocycles. The number of carbonyl (C=O) groups excluding carboxylic acids is 2. The van der Waals surface area contributed by atoms with Gasteiger partial charge in [0.25, 0.3) is 22.3 Å². The Labute approximate surface area is 480 Å². The average molecular weight is 1180 g/mol. The highest BCUT2D eigenvalue weighted by Crippen LogP contribution is 2.17. The van der Waals surface area contributed by atoms with Crippen LogP contribution in [0.4, 0.5) is 23.0 Å². The van der Waals surface area contributed by atoms with Crippen molar-refractivity contribution in [3.05, 3.63) is 72.5 Å². The van der Waals surface area contributed by atoms with Gasteiger partial charge in [0.1, 0.15) is 23.5 Å². The molecule has 1 unspecified atom stereocenters. The number of rotatable bonds is 37. The molecule has 0 saturated carbocycles. The van der Waals surface area contributed by atoms with Crippen molar-refractivity contribution >= 4 is 75.8 Å². The first-order chi connectivity index (χ1) is 40.3. The SMILES string of the molecule is Nc1nc2ncc(CNc3ccc(C(=O)N[C@@H](CCC(=O)NCCCOCCOCCOCCCNc4c(NCCCC(C(=O)O)N5CCN(CC(=O)O)CCN(CC(=O)O)CCN(CC(=O)O)CC5)c(=O)c4=O)C(=O)O)cc3)nc2c(=O)[nH]1. The van der Waals surface area contributed by atoms with Crippen LogP contribution in [0.1, 0.15) is 54.6 Å². The molecule has 0 aliphatic carbocycles. The minimum absolute atomic E-state index is 0.0322. The number of carboxylic acids is 5. The largest absolute Gasteiger partial charge is 0.480 e. The molecule has 5 rings (SSSR count). The number of nitrogen functional groups attached to an aromatic ring is 1. The number of nitrogens with zero attached hydrogens (tertiary/aromatic N) is 7. The van der Waals surface area contributed by atoms with E-state index in [-0.39, 0.29) is 178 Å². The number of anilines is 4. The fourth-order valence-corrected chi connectivity index (χ4v) is 8.80. The van der Waals surface area contributed by atoms with Crippen molar-refractivity contribution < 1.29 is 73.3 Å². The highest BCUT2D eigenvalue weighted by molar-refractivity contribution is 5.97. The Hall–Kier alpha value is -8.27. The van der Waals surface area contributed by atoms with Crippen LogP contribution >= 0.6 is 0 Å². The lowest BCUT2D eigenvalue weighted by atomic mass is 10.1. The minimum Gasteiger partial charge on any atom is -0.480 e.